The summed E-state index contributed by atoms with van der Waals surface area (Å²) >= 11 is 0. The highest BCUT2D eigenvalue weighted by Gasteiger charge is 2.31. The molecule has 0 saturated carbocycles. The first-order valence-electron chi connectivity index (χ1n) is 45.7. The molecule has 0 N–H and O–H groups in total. The van der Waals surface area contributed by atoms with Crippen molar-refractivity contribution in [1.82, 2.24) is 70.8 Å². The van der Waals surface area contributed by atoms with Crippen molar-refractivity contribution in [3.05, 3.63) is 496 Å². The number of para-hydroxylation sites is 15. The summed E-state index contributed by atoms with van der Waals surface area (Å²) in [6.07, 6.45) is 0. The normalized spacial score (nSPS) is 12.3. The fourth-order valence-corrected chi connectivity index (χ4v) is 20.1. The zero-order chi connectivity index (χ0) is 89.7. The highest BCUT2D eigenvalue weighted by atomic mass is 15.3. The van der Waals surface area contributed by atoms with E-state index in [0.29, 0.717) is 17.6 Å². The lowest BCUT2D eigenvalue weighted by molar-refractivity contribution is 0.937. The zero-order valence-corrected chi connectivity index (χ0v) is 73.3. The van der Waals surface area contributed by atoms with E-state index in [4.69, 9.17) is 34.9 Å². The Labute approximate surface area is 779 Å². The van der Waals surface area contributed by atoms with Crippen LogP contribution >= 0.6 is 0 Å². The Balaban J connectivity index is 0.0000000952. The number of fused-ring (bicyclic) bond motifs is 24. The van der Waals surface area contributed by atoms with Gasteiger partial charge < -0.3 is 4.90 Å². The van der Waals surface area contributed by atoms with Crippen LogP contribution in [0.5, 0.6) is 0 Å². The fourth-order valence-electron chi connectivity index (χ4n) is 20.1. The molecular formula is C120H80N16. The first-order chi connectivity index (χ1) is 67.5. The Morgan fingerprint density at radius 3 is 1.04 bits per heavy atom. The van der Waals surface area contributed by atoms with Crippen molar-refractivity contribution in [3.63, 3.8) is 0 Å². The summed E-state index contributed by atoms with van der Waals surface area (Å²) in [5, 5.41) is 2.45. The summed E-state index contributed by atoms with van der Waals surface area (Å²) in [4.78, 5) is 37.3. The Kier molecular flexibility index (Phi) is 18.9. The highest BCUT2D eigenvalue weighted by Crippen LogP contribution is 2.50. The predicted octanol–water partition coefficient (Wildman–Crippen LogP) is 28.7. The van der Waals surface area contributed by atoms with Crippen LogP contribution in [0.2, 0.25) is 0 Å². The van der Waals surface area contributed by atoms with E-state index in [1.807, 2.05) is 120 Å². The van der Waals surface area contributed by atoms with Gasteiger partial charge in [-0.2, -0.15) is 9.97 Å². The van der Waals surface area contributed by atoms with Crippen molar-refractivity contribution < 1.29 is 0 Å². The van der Waals surface area contributed by atoms with Gasteiger partial charge in [0.2, 0.25) is 29.1 Å². The molecule has 0 fully saturated rings. The van der Waals surface area contributed by atoms with Gasteiger partial charge in [0.05, 0.1) is 88.3 Å². The Morgan fingerprint density at radius 2 is 0.537 bits per heavy atom. The van der Waals surface area contributed by atoms with Gasteiger partial charge in [-0.05, 0) is 220 Å². The highest BCUT2D eigenvalue weighted by molar-refractivity contribution is 6.02. The molecule has 0 saturated heterocycles. The van der Waals surface area contributed by atoms with Gasteiger partial charge in [-0.15, -0.1) is 0 Å². The lowest BCUT2D eigenvalue weighted by Gasteiger charge is -2.25. The number of anilines is 3. The number of hydrogen-bond acceptors (Lipinski definition) is 8. The van der Waals surface area contributed by atoms with E-state index in [2.05, 4.69) is 400 Å². The second-order valence-electron chi connectivity index (χ2n) is 34.1. The molecule has 16 nitrogen and oxygen atoms in total. The number of imidazole rings is 8. The van der Waals surface area contributed by atoms with Crippen molar-refractivity contribution in [3.8, 4) is 68.0 Å². The molecular weight excluding hydrogens is 1670 g/mol. The van der Waals surface area contributed by atoms with Gasteiger partial charge in [0.25, 0.3) is 0 Å². The maximum atomic E-state index is 5.20. The third-order valence-electron chi connectivity index (χ3n) is 26.2. The summed E-state index contributed by atoms with van der Waals surface area (Å²) in [6.45, 7) is 0. The van der Waals surface area contributed by atoms with E-state index >= 15 is 0 Å². The summed E-state index contributed by atoms with van der Waals surface area (Å²) in [6, 6.07) is 167. The van der Waals surface area contributed by atoms with E-state index in [9.17, 15) is 0 Å². The summed E-state index contributed by atoms with van der Waals surface area (Å²) in [5.41, 5.74) is 34.9. The molecule has 19 aromatic carbocycles. The van der Waals surface area contributed by atoms with Crippen LogP contribution in [0.4, 0.5) is 17.1 Å². The van der Waals surface area contributed by atoms with Crippen LogP contribution in [-0.2, 0) is 0 Å². The van der Waals surface area contributed by atoms with Crippen LogP contribution in [0, 0.1) is 0 Å². The summed E-state index contributed by atoms with van der Waals surface area (Å²) in [5.74, 6) is 5.60. The van der Waals surface area contributed by atoms with Crippen LogP contribution in [0.3, 0.4) is 0 Å². The number of aromatic nitrogens is 15. The molecule has 9 aromatic heterocycles. The second-order valence-corrected chi connectivity index (χ2v) is 34.1. The van der Waals surface area contributed by atoms with Gasteiger partial charge >= 0.3 is 0 Å². The molecule has 1 unspecified atom stereocenters. The van der Waals surface area contributed by atoms with Crippen molar-refractivity contribution in [1.29, 1.82) is 0 Å². The molecule has 640 valence electrons. The van der Waals surface area contributed by atoms with Crippen LogP contribution in [0.1, 0.15) is 22.6 Å². The zero-order valence-electron chi connectivity index (χ0n) is 73.3. The van der Waals surface area contributed by atoms with Crippen molar-refractivity contribution in [2.24, 2.45) is 0 Å². The van der Waals surface area contributed by atoms with E-state index < -0.39 is 0 Å². The third kappa shape index (κ3) is 13.2. The number of benzene rings is 19. The van der Waals surface area contributed by atoms with Crippen LogP contribution < -0.4 is 4.90 Å². The minimum absolute atomic E-state index is 0.263. The Bertz CT molecular complexity index is 9330. The lowest BCUT2D eigenvalue weighted by atomic mass is 9.89. The van der Waals surface area contributed by atoms with Crippen LogP contribution in [-0.4, -0.2) is 70.8 Å². The maximum Gasteiger partial charge on any atom is 0.241 e. The molecule has 0 radical (unpaired) electrons. The second kappa shape index (κ2) is 32.8. The van der Waals surface area contributed by atoms with Crippen molar-refractivity contribution in [2.45, 2.75) is 5.92 Å². The van der Waals surface area contributed by atoms with Crippen LogP contribution in [0.25, 0.3) is 190 Å². The monoisotopic (exact) mass is 1740 g/mol. The Morgan fingerprint density at radius 1 is 0.191 bits per heavy atom. The molecule has 29 rings (SSSR count). The van der Waals surface area contributed by atoms with Gasteiger partial charge in [-0.1, -0.05) is 309 Å². The predicted molar refractivity (Wildman–Crippen MR) is 553 cm³/mol. The van der Waals surface area contributed by atoms with Gasteiger partial charge in [0, 0.05) is 51.2 Å². The van der Waals surface area contributed by atoms with Gasteiger partial charge in [-0.3, -0.25) is 31.3 Å². The average Bonchev–Trinajstić information content (AvgIpc) is 1.57. The largest absolute Gasteiger partial charge is 0.310 e. The topological polar surface area (TPSA) is 131 Å². The average molecular weight is 1750 g/mol. The standard InChI is InChI=1S/C38H25N3.C31H22N4.C28H18N6.C23H15N3/c1-3-11-25(12-4-1)37-30-16-8-7-15-29(30)32-23-26(19-21-31(32)37)27-20-22-34-33(24-27)39-38-40(28-13-5-2-6-14-28)35-17-9-10-18-36(35)41(34)38;1-4-12-23(13-5-1)33(24-14-6-2-7-15-24)26-20-21-28-27(22-26)32-31-34(25-16-8-3-9-17-25)29-18-10-11-19-30(29)35(28)31;1-3-11-19(12-4-1)25-30-26(20-13-5-2-6-14-20)32-27(31-25)34-24-18-10-9-17-23(24)33-22-16-8-7-15-21(22)29-28(33)34;1-2-10-18(11-3-1)25-20-12-6-7-13-21(20)26-22-15-17-9-5-4-8-16(17)14-19(22)24-23(25)26/h1-24,37H;1-22H;1-18H;1-15H. The molecule has 0 aliphatic heterocycles. The van der Waals surface area contributed by atoms with E-state index in [1.165, 1.54) is 55.2 Å². The molecule has 0 spiro atoms. The number of rotatable bonds is 11. The van der Waals surface area contributed by atoms with E-state index in [1.54, 1.807) is 0 Å². The number of hydrogen-bond donors (Lipinski definition) is 0. The first-order valence-corrected chi connectivity index (χ1v) is 45.7. The number of nitrogens with zero attached hydrogens (tertiary/aromatic N) is 16. The van der Waals surface area contributed by atoms with Gasteiger partial charge in [0.1, 0.15) is 0 Å². The molecule has 1 aliphatic carbocycles. The minimum Gasteiger partial charge on any atom is -0.310 e. The van der Waals surface area contributed by atoms with Gasteiger partial charge in [0.15, 0.2) is 11.6 Å². The van der Waals surface area contributed by atoms with E-state index in [-0.39, 0.29) is 5.92 Å². The third-order valence-corrected chi connectivity index (χ3v) is 26.2. The Hall–Kier alpha value is -18.7. The molecule has 0 bridgehead atoms. The molecule has 1 aliphatic rings. The molecule has 16 heteroatoms. The van der Waals surface area contributed by atoms with Crippen LogP contribution in [0.15, 0.2) is 479 Å². The molecule has 0 amide bonds. The molecule has 28 aromatic rings. The quantitative estimate of drug-likeness (QED) is 0.125. The lowest BCUT2D eigenvalue weighted by Crippen LogP contribution is -2.09. The smallest absolute Gasteiger partial charge is 0.241 e. The molecule has 1 atom stereocenters. The summed E-state index contributed by atoms with van der Waals surface area (Å²) < 4.78 is 17.7. The summed E-state index contributed by atoms with van der Waals surface area (Å²) in [7, 11) is 0. The van der Waals surface area contributed by atoms with Crippen molar-refractivity contribution in [2.75, 3.05) is 4.90 Å². The van der Waals surface area contributed by atoms with E-state index in [0.717, 1.165) is 151 Å². The first kappa shape index (κ1) is 78.4. The molecule has 9 heterocycles. The SMILES string of the molecule is c1ccc(-c2nc(-c3ccccc3)nc(-n3c4ccccc4n4c5ccccc5nc34)n2)cc1.c1ccc(-n2c3ccccc3n3c4cc5ccccc5cc4nc23)cc1.c1ccc(C2c3ccccc3-c3cc(-c4ccc5c(c4)nc4n(-c6ccccc6)c6ccccc6n54)ccc32)cc1.c1ccc(N(c2ccccc2)c2ccc3c(c2)nc2n(-c4ccccc4)c4ccccc4n32)cc1. The van der Waals surface area contributed by atoms with Gasteiger partial charge in [-0.25, -0.2) is 29.5 Å². The maximum absolute atomic E-state index is 5.20. The fraction of sp³-hybridized carbons (Fsp3) is 0.00833. The minimum atomic E-state index is 0.263. The molecule has 136 heavy (non-hydrogen) atoms. The van der Waals surface area contributed by atoms with Crippen molar-refractivity contribution >= 4 is 139 Å².